The predicted octanol–water partition coefficient (Wildman–Crippen LogP) is 3.47. The Morgan fingerprint density at radius 3 is 2.81 bits per heavy atom. The van der Waals surface area contributed by atoms with Gasteiger partial charge in [0.2, 0.25) is 0 Å². The SMILES string of the molecule is Clc1ccc2c(N3CCCCC3)noc2c1. The van der Waals surface area contributed by atoms with Gasteiger partial charge in [0.15, 0.2) is 11.4 Å². The summed E-state index contributed by atoms with van der Waals surface area (Å²) in [4.78, 5) is 2.29. The van der Waals surface area contributed by atoms with Gasteiger partial charge in [-0.3, -0.25) is 0 Å². The molecule has 2 heterocycles. The summed E-state index contributed by atoms with van der Waals surface area (Å²) in [6, 6.07) is 5.68. The lowest BCUT2D eigenvalue weighted by atomic mass is 10.1. The Hall–Kier alpha value is -1.22. The molecule has 1 saturated heterocycles. The maximum Gasteiger partial charge on any atom is 0.179 e. The van der Waals surface area contributed by atoms with E-state index in [1.54, 1.807) is 0 Å². The van der Waals surface area contributed by atoms with E-state index in [9.17, 15) is 0 Å². The van der Waals surface area contributed by atoms with Gasteiger partial charge in [0.1, 0.15) is 0 Å². The van der Waals surface area contributed by atoms with E-state index >= 15 is 0 Å². The minimum Gasteiger partial charge on any atom is -0.354 e. The number of piperidine rings is 1. The summed E-state index contributed by atoms with van der Waals surface area (Å²) < 4.78 is 5.31. The first-order chi connectivity index (χ1) is 7.84. The first-order valence-electron chi connectivity index (χ1n) is 5.64. The molecule has 1 aliphatic heterocycles. The average molecular weight is 237 g/mol. The summed E-state index contributed by atoms with van der Waals surface area (Å²) in [6.07, 6.45) is 3.79. The molecule has 0 atom stereocenters. The van der Waals surface area contributed by atoms with E-state index in [0.717, 1.165) is 29.9 Å². The van der Waals surface area contributed by atoms with Crippen LogP contribution in [0.3, 0.4) is 0 Å². The van der Waals surface area contributed by atoms with Gasteiger partial charge in [-0.1, -0.05) is 16.8 Å². The van der Waals surface area contributed by atoms with Gasteiger partial charge in [0.05, 0.1) is 5.39 Å². The van der Waals surface area contributed by atoms with Crippen LogP contribution in [0.2, 0.25) is 5.02 Å². The van der Waals surface area contributed by atoms with Gasteiger partial charge in [0.25, 0.3) is 0 Å². The van der Waals surface area contributed by atoms with Crippen molar-refractivity contribution in [2.75, 3.05) is 18.0 Å². The van der Waals surface area contributed by atoms with E-state index in [-0.39, 0.29) is 0 Å². The van der Waals surface area contributed by atoms with E-state index in [1.165, 1.54) is 19.3 Å². The molecule has 0 aliphatic carbocycles. The minimum atomic E-state index is 0.689. The second-order valence-corrected chi connectivity index (χ2v) is 4.63. The molecule has 4 heteroatoms. The molecule has 16 heavy (non-hydrogen) atoms. The predicted molar refractivity (Wildman–Crippen MR) is 65.1 cm³/mol. The summed E-state index contributed by atoms with van der Waals surface area (Å²) in [5.74, 6) is 0.964. The molecule has 0 radical (unpaired) electrons. The lowest BCUT2D eigenvalue weighted by Crippen LogP contribution is -2.29. The van der Waals surface area contributed by atoms with Gasteiger partial charge in [0, 0.05) is 24.2 Å². The van der Waals surface area contributed by atoms with Crippen LogP contribution in [0, 0.1) is 0 Å². The van der Waals surface area contributed by atoms with Crippen molar-refractivity contribution in [2.24, 2.45) is 0 Å². The van der Waals surface area contributed by atoms with Crippen molar-refractivity contribution in [3.05, 3.63) is 23.2 Å². The minimum absolute atomic E-state index is 0.689. The van der Waals surface area contributed by atoms with Crippen molar-refractivity contribution in [1.29, 1.82) is 0 Å². The number of fused-ring (bicyclic) bond motifs is 1. The van der Waals surface area contributed by atoms with Crippen LogP contribution < -0.4 is 4.90 Å². The second-order valence-electron chi connectivity index (χ2n) is 4.19. The highest BCUT2D eigenvalue weighted by Gasteiger charge is 2.17. The molecule has 1 aromatic carbocycles. The largest absolute Gasteiger partial charge is 0.354 e. The van der Waals surface area contributed by atoms with Crippen LogP contribution in [0.4, 0.5) is 5.82 Å². The molecular weight excluding hydrogens is 224 g/mol. The van der Waals surface area contributed by atoms with Crippen molar-refractivity contribution in [1.82, 2.24) is 5.16 Å². The Bertz CT molecular complexity index is 503. The van der Waals surface area contributed by atoms with E-state index in [1.807, 2.05) is 18.2 Å². The standard InChI is InChI=1S/C12H13ClN2O/c13-9-4-5-10-11(8-9)16-14-12(10)15-6-2-1-3-7-15/h4-5,8H,1-3,6-7H2. The van der Waals surface area contributed by atoms with Crippen molar-refractivity contribution in [3.8, 4) is 0 Å². The Balaban J connectivity index is 2.03. The Morgan fingerprint density at radius 2 is 2.00 bits per heavy atom. The van der Waals surface area contributed by atoms with Crippen LogP contribution in [0.5, 0.6) is 0 Å². The van der Waals surface area contributed by atoms with Crippen LogP contribution >= 0.6 is 11.6 Å². The van der Waals surface area contributed by atoms with Gasteiger partial charge < -0.3 is 9.42 Å². The second kappa shape index (κ2) is 3.98. The highest BCUT2D eigenvalue weighted by atomic mass is 35.5. The topological polar surface area (TPSA) is 29.3 Å². The summed E-state index contributed by atoms with van der Waals surface area (Å²) in [5, 5.41) is 5.90. The molecule has 0 bridgehead atoms. The Labute approximate surface area is 99.0 Å². The zero-order valence-electron chi connectivity index (χ0n) is 8.95. The third-order valence-corrected chi connectivity index (χ3v) is 3.31. The molecule has 2 aromatic rings. The Morgan fingerprint density at radius 1 is 1.19 bits per heavy atom. The first kappa shape index (κ1) is 9.97. The fourth-order valence-corrected chi connectivity index (χ4v) is 2.39. The molecule has 0 amide bonds. The monoisotopic (exact) mass is 236 g/mol. The quantitative estimate of drug-likeness (QED) is 0.759. The van der Waals surface area contributed by atoms with Crippen molar-refractivity contribution in [2.45, 2.75) is 19.3 Å². The number of hydrogen-bond donors (Lipinski definition) is 0. The Kier molecular flexibility index (Phi) is 2.48. The number of anilines is 1. The average Bonchev–Trinajstić information content (AvgIpc) is 2.73. The molecular formula is C12H13ClN2O. The van der Waals surface area contributed by atoms with Gasteiger partial charge in [-0.25, -0.2) is 0 Å². The van der Waals surface area contributed by atoms with Gasteiger partial charge >= 0.3 is 0 Å². The number of halogens is 1. The number of benzene rings is 1. The molecule has 0 unspecified atom stereocenters. The van der Waals surface area contributed by atoms with E-state index in [0.29, 0.717) is 5.02 Å². The molecule has 1 aliphatic rings. The van der Waals surface area contributed by atoms with E-state index in [4.69, 9.17) is 16.1 Å². The molecule has 84 valence electrons. The first-order valence-corrected chi connectivity index (χ1v) is 6.02. The van der Waals surface area contributed by atoms with E-state index in [2.05, 4.69) is 10.1 Å². The maximum atomic E-state index is 5.91. The molecule has 0 saturated carbocycles. The maximum absolute atomic E-state index is 5.91. The zero-order valence-corrected chi connectivity index (χ0v) is 9.70. The third kappa shape index (κ3) is 1.65. The molecule has 1 aromatic heterocycles. The van der Waals surface area contributed by atoms with E-state index < -0.39 is 0 Å². The van der Waals surface area contributed by atoms with Gasteiger partial charge in [-0.15, -0.1) is 0 Å². The fraction of sp³-hybridized carbons (Fsp3) is 0.417. The highest BCUT2D eigenvalue weighted by Crippen LogP contribution is 2.29. The molecule has 3 nitrogen and oxygen atoms in total. The van der Waals surface area contributed by atoms with Crippen molar-refractivity contribution >= 4 is 28.4 Å². The lowest BCUT2D eigenvalue weighted by Gasteiger charge is -2.26. The summed E-state index contributed by atoms with van der Waals surface area (Å²) in [5.41, 5.74) is 0.771. The van der Waals surface area contributed by atoms with Crippen molar-refractivity contribution in [3.63, 3.8) is 0 Å². The fourth-order valence-electron chi connectivity index (χ4n) is 2.23. The summed E-state index contributed by atoms with van der Waals surface area (Å²) >= 11 is 5.91. The normalized spacial score (nSPS) is 16.9. The number of rotatable bonds is 1. The number of nitrogens with zero attached hydrogens (tertiary/aromatic N) is 2. The van der Waals surface area contributed by atoms with Crippen LogP contribution in [0.15, 0.2) is 22.7 Å². The molecule has 1 fully saturated rings. The summed E-state index contributed by atoms with van der Waals surface area (Å²) in [7, 11) is 0. The zero-order chi connectivity index (χ0) is 11.0. The number of aromatic nitrogens is 1. The van der Waals surface area contributed by atoms with Gasteiger partial charge in [-0.2, -0.15) is 0 Å². The van der Waals surface area contributed by atoms with Gasteiger partial charge in [-0.05, 0) is 31.4 Å². The molecule has 0 spiro atoms. The van der Waals surface area contributed by atoms with Crippen LogP contribution in [0.25, 0.3) is 11.0 Å². The van der Waals surface area contributed by atoms with Crippen LogP contribution in [-0.4, -0.2) is 18.2 Å². The molecule has 0 N–H and O–H groups in total. The van der Waals surface area contributed by atoms with Crippen LogP contribution in [-0.2, 0) is 0 Å². The third-order valence-electron chi connectivity index (χ3n) is 3.07. The smallest absolute Gasteiger partial charge is 0.179 e. The highest BCUT2D eigenvalue weighted by molar-refractivity contribution is 6.31. The van der Waals surface area contributed by atoms with Crippen LogP contribution in [0.1, 0.15) is 19.3 Å². The summed E-state index contributed by atoms with van der Waals surface area (Å²) in [6.45, 7) is 2.15. The lowest BCUT2D eigenvalue weighted by molar-refractivity contribution is 0.450. The van der Waals surface area contributed by atoms with Crippen molar-refractivity contribution < 1.29 is 4.52 Å². The number of hydrogen-bond acceptors (Lipinski definition) is 3. The molecule has 3 rings (SSSR count).